The quantitative estimate of drug-likeness (QED) is 0.866. The van der Waals surface area contributed by atoms with E-state index in [9.17, 15) is 4.39 Å². The lowest BCUT2D eigenvalue weighted by Gasteiger charge is -2.11. The Hall–Kier alpha value is -1.73. The maximum Gasteiger partial charge on any atom is 0.135 e. The lowest BCUT2D eigenvalue weighted by atomic mass is 10.2. The van der Waals surface area contributed by atoms with E-state index < -0.39 is 0 Å². The molecule has 0 radical (unpaired) electrons. The van der Waals surface area contributed by atoms with Crippen LogP contribution in [0.5, 0.6) is 5.75 Å². The molecule has 0 atom stereocenters. The molecule has 0 amide bonds. The zero-order chi connectivity index (χ0) is 15.2. The minimum Gasteiger partial charge on any atom is -0.487 e. The van der Waals surface area contributed by atoms with Gasteiger partial charge in [0.2, 0.25) is 0 Å². The van der Waals surface area contributed by atoms with E-state index in [1.165, 1.54) is 18.2 Å². The van der Waals surface area contributed by atoms with Gasteiger partial charge in [-0.3, -0.25) is 0 Å². The van der Waals surface area contributed by atoms with Crippen LogP contribution in [-0.4, -0.2) is 6.54 Å². The van der Waals surface area contributed by atoms with Crippen molar-refractivity contribution in [2.24, 2.45) is 5.73 Å². The van der Waals surface area contributed by atoms with Crippen LogP contribution in [0.1, 0.15) is 11.1 Å². The van der Waals surface area contributed by atoms with Crippen LogP contribution in [0, 0.1) is 17.7 Å². The van der Waals surface area contributed by atoms with Gasteiger partial charge in [0.15, 0.2) is 0 Å². The van der Waals surface area contributed by atoms with Crippen LogP contribution in [0.3, 0.4) is 0 Å². The van der Waals surface area contributed by atoms with E-state index >= 15 is 0 Å². The number of rotatable bonds is 3. The second-order valence-corrected chi connectivity index (χ2v) is 4.95. The molecule has 0 saturated carbocycles. The van der Waals surface area contributed by atoms with Crippen molar-refractivity contribution in [3.8, 4) is 17.6 Å². The molecule has 0 aliphatic carbocycles. The number of nitrogens with two attached hydrogens (primary N) is 1. The summed E-state index contributed by atoms with van der Waals surface area (Å²) in [4.78, 5) is 0. The molecule has 5 heteroatoms. The van der Waals surface area contributed by atoms with Gasteiger partial charge in [0.1, 0.15) is 18.2 Å². The highest BCUT2D eigenvalue weighted by Crippen LogP contribution is 2.27. The Bertz CT molecular complexity index is 687. The number of benzene rings is 2. The van der Waals surface area contributed by atoms with E-state index in [1.807, 2.05) is 0 Å². The minimum absolute atomic E-state index is 0.168. The zero-order valence-electron chi connectivity index (χ0n) is 11.0. The molecule has 2 aromatic carbocycles. The summed E-state index contributed by atoms with van der Waals surface area (Å²) in [6.45, 7) is 0.355. The van der Waals surface area contributed by atoms with Crippen LogP contribution < -0.4 is 10.5 Å². The molecule has 108 valence electrons. The van der Waals surface area contributed by atoms with Gasteiger partial charge >= 0.3 is 0 Å². The molecule has 0 unspecified atom stereocenters. The smallest absolute Gasteiger partial charge is 0.135 e. The first kappa shape index (κ1) is 15.7. The molecule has 2 aromatic rings. The lowest BCUT2D eigenvalue weighted by Crippen LogP contribution is -2.00. The van der Waals surface area contributed by atoms with Crippen LogP contribution in [0.2, 0.25) is 10.0 Å². The molecule has 21 heavy (non-hydrogen) atoms. The molecule has 0 saturated heterocycles. The fraction of sp³-hybridized carbons (Fsp3) is 0.125. The maximum atomic E-state index is 13.3. The fourth-order valence-corrected chi connectivity index (χ4v) is 2.20. The van der Waals surface area contributed by atoms with E-state index in [1.54, 1.807) is 18.2 Å². The second kappa shape index (κ2) is 7.33. The van der Waals surface area contributed by atoms with Gasteiger partial charge in [-0.15, -0.1) is 0 Å². The molecular formula is C16H12Cl2FNO. The van der Waals surface area contributed by atoms with Gasteiger partial charge in [-0.25, -0.2) is 4.39 Å². The fourth-order valence-electron chi connectivity index (χ4n) is 1.69. The van der Waals surface area contributed by atoms with Gasteiger partial charge in [-0.2, -0.15) is 0 Å². The number of hydrogen-bond donors (Lipinski definition) is 1. The van der Waals surface area contributed by atoms with Crippen molar-refractivity contribution in [3.63, 3.8) is 0 Å². The summed E-state index contributed by atoms with van der Waals surface area (Å²) in [6.07, 6.45) is 0. The van der Waals surface area contributed by atoms with E-state index in [2.05, 4.69) is 11.8 Å². The molecule has 0 heterocycles. The summed E-state index contributed by atoms with van der Waals surface area (Å²) in [5, 5.41) is 1.03. The molecule has 0 fully saturated rings. The van der Waals surface area contributed by atoms with Gasteiger partial charge < -0.3 is 10.5 Å². The number of hydrogen-bond acceptors (Lipinski definition) is 2. The minimum atomic E-state index is -0.389. The Balaban J connectivity index is 2.24. The molecule has 2 rings (SSSR count). The van der Waals surface area contributed by atoms with Gasteiger partial charge in [0, 0.05) is 15.6 Å². The van der Waals surface area contributed by atoms with Crippen molar-refractivity contribution in [1.82, 2.24) is 0 Å². The Morgan fingerprint density at radius 1 is 1.14 bits per heavy atom. The highest BCUT2D eigenvalue weighted by molar-refractivity contribution is 6.35. The maximum absolute atomic E-state index is 13.3. The van der Waals surface area contributed by atoms with Gasteiger partial charge in [-0.1, -0.05) is 41.1 Å². The van der Waals surface area contributed by atoms with Crippen molar-refractivity contribution < 1.29 is 9.13 Å². The Morgan fingerprint density at radius 2 is 1.86 bits per heavy atom. The number of ether oxygens (including phenoxy) is 1. The third-order valence-electron chi connectivity index (χ3n) is 2.70. The Kier molecular flexibility index (Phi) is 5.46. The van der Waals surface area contributed by atoms with Crippen molar-refractivity contribution in [3.05, 3.63) is 63.4 Å². The third-order valence-corrected chi connectivity index (χ3v) is 3.41. The second-order valence-electron chi connectivity index (χ2n) is 4.14. The summed E-state index contributed by atoms with van der Waals surface area (Å²) in [6, 6.07) is 9.33. The predicted molar refractivity (Wildman–Crippen MR) is 83.1 cm³/mol. The topological polar surface area (TPSA) is 35.2 Å². The summed E-state index contributed by atoms with van der Waals surface area (Å²) >= 11 is 12.2. The normalized spacial score (nSPS) is 9.90. The number of halogens is 3. The van der Waals surface area contributed by atoms with E-state index in [0.717, 1.165) is 0 Å². The van der Waals surface area contributed by atoms with Gasteiger partial charge in [0.25, 0.3) is 0 Å². The van der Waals surface area contributed by atoms with Crippen molar-refractivity contribution in [2.45, 2.75) is 6.61 Å². The molecule has 0 aromatic heterocycles. The summed E-state index contributed by atoms with van der Waals surface area (Å²) < 4.78 is 18.9. The summed E-state index contributed by atoms with van der Waals surface area (Å²) in [5.41, 5.74) is 6.43. The average molecular weight is 324 g/mol. The molecule has 0 bridgehead atoms. The van der Waals surface area contributed by atoms with Crippen LogP contribution in [-0.2, 0) is 6.61 Å². The first-order valence-corrected chi connectivity index (χ1v) is 6.91. The van der Waals surface area contributed by atoms with Gasteiger partial charge in [0.05, 0.1) is 12.1 Å². The molecule has 0 aliphatic heterocycles. The average Bonchev–Trinajstić information content (AvgIpc) is 2.46. The van der Waals surface area contributed by atoms with Crippen molar-refractivity contribution >= 4 is 23.2 Å². The van der Waals surface area contributed by atoms with Crippen LogP contribution in [0.4, 0.5) is 4.39 Å². The summed E-state index contributed by atoms with van der Waals surface area (Å²) in [5.74, 6) is 5.51. The molecule has 2 N–H and O–H groups in total. The van der Waals surface area contributed by atoms with E-state index in [-0.39, 0.29) is 19.0 Å². The molecule has 0 spiro atoms. The third kappa shape index (κ3) is 4.12. The van der Waals surface area contributed by atoms with Gasteiger partial charge in [-0.05, 0) is 30.3 Å². The van der Waals surface area contributed by atoms with Crippen molar-refractivity contribution in [1.29, 1.82) is 0 Å². The highest BCUT2D eigenvalue weighted by atomic mass is 35.5. The monoisotopic (exact) mass is 323 g/mol. The molecule has 2 nitrogen and oxygen atoms in total. The predicted octanol–water partition coefficient (Wildman–Crippen LogP) is 4.02. The molecular weight excluding hydrogens is 312 g/mol. The van der Waals surface area contributed by atoms with Crippen molar-refractivity contribution in [2.75, 3.05) is 6.54 Å². The largest absolute Gasteiger partial charge is 0.487 e. The zero-order valence-corrected chi connectivity index (χ0v) is 12.5. The first-order chi connectivity index (χ1) is 10.1. The molecule has 0 aliphatic rings. The summed E-state index contributed by atoms with van der Waals surface area (Å²) in [7, 11) is 0. The van der Waals surface area contributed by atoms with Crippen LogP contribution in [0.15, 0.2) is 36.4 Å². The first-order valence-electron chi connectivity index (χ1n) is 6.16. The lowest BCUT2D eigenvalue weighted by molar-refractivity contribution is 0.305. The van der Waals surface area contributed by atoms with Crippen LogP contribution in [0.25, 0.3) is 0 Å². The van der Waals surface area contributed by atoms with Crippen LogP contribution >= 0.6 is 23.2 Å². The Morgan fingerprint density at radius 3 is 2.52 bits per heavy atom. The highest BCUT2D eigenvalue weighted by Gasteiger charge is 2.08. The van der Waals surface area contributed by atoms with E-state index in [0.29, 0.717) is 26.9 Å². The van der Waals surface area contributed by atoms with E-state index in [4.69, 9.17) is 33.7 Å². The standard InChI is InChI=1S/C16H12Cl2FNO/c17-14-4-1-5-15(18)13(14)10-21-16-7-6-12(19)9-11(16)3-2-8-20/h1,4-7,9H,8,10,20H2. The SMILES string of the molecule is NCC#Cc1cc(F)ccc1OCc1c(Cl)cccc1Cl. The Labute approximate surface area is 132 Å².